The summed E-state index contributed by atoms with van der Waals surface area (Å²) < 4.78 is 11.2. The van der Waals surface area contributed by atoms with E-state index in [1.807, 2.05) is 41.3 Å². The molecule has 1 saturated heterocycles. The van der Waals surface area contributed by atoms with Crippen LogP contribution in [0.3, 0.4) is 0 Å². The summed E-state index contributed by atoms with van der Waals surface area (Å²) in [5, 5.41) is 0.982. The van der Waals surface area contributed by atoms with Crippen molar-refractivity contribution in [1.82, 2.24) is 9.88 Å². The van der Waals surface area contributed by atoms with Gasteiger partial charge in [0.25, 0.3) is 0 Å². The number of thioether (sulfide) groups is 1. The summed E-state index contributed by atoms with van der Waals surface area (Å²) in [5.74, 6) is 2.02. The Kier molecular flexibility index (Phi) is 4.74. The first-order valence-electron chi connectivity index (χ1n) is 8.85. The normalized spacial score (nSPS) is 18.1. The average molecular weight is 382 g/mol. The highest BCUT2D eigenvalue weighted by molar-refractivity contribution is 8.00. The van der Waals surface area contributed by atoms with Crippen LogP contribution in [0.25, 0.3) is 10.9 Å². The fourth-order valence-corrected chi connectivity index (χ4v) is 4.98. The zero-order valence-electron chi connectivity index (χ0n) is 15.6. The molecule has 2 aromatic carbocycles. The zero-order valence-corrected chi connectivity index (χ0v) is 16.4. The minimum atomic E-state index is -0.162. The third kappa shape index (κ3) is 3.04. The largest absolute Gasteiger partial charge is 0.496 e. The molecule has 1 amide bonds. The monoisotopic (exact) mass is 382 g/mol. The summed E-state index contributed by atoms with van der Waals surface area (Å²) in [6, 6.07) is 15.9. The molecule has 1 aliphatic rings. The first-order valence-corrected chi connectivity index (χ1v) is 9.90. The van der Waals surface area contributed by atoms with Gasteiger partial charge in [-0.1, -0.05) is 24.3 Å². The molecule has 1 fully saturated rings. The number of carbonyl (C=O) groups is 1. The van der Waals surface area contributed by atoms with E-state index in [-0.39, 0.29) is 17.3 Å². The van der Waals surface area contributed by atoms with Gasteiger partial charge in [0.2, 0.25) is 5.91 Å². The molecule has 0 saturated carbocycles. The van der Waals surface area contributed by atoms with E-state index < -0.39 is 0 Å². The minimum Gasteiger partial charge on any atom is -0.496 e. The van der Waals surface area contributed by atoms with E-state index >= 15 is 0 Å². The van der Waals surface area contributed by atoms with Gasteiger partial charge in [-0.05, 0) is 36.6 Å². The number of H-pyrrole nitrogens is 1. The lowest BCUT2D eigenvalue weighted by molar-refractivity contribution is -0.130. The Morgan fingerprint density at radius 2 is 1.81 bits per heavy atom. The molecule has 1 aliphatic heterocycles. The molecule has 2 heterocycles. The number of ether oxygens (including phenoxy) is 2. The highest BCUT2D eigenvalue weighted by atomic mass is 32.2. The van der Waals surface area contributed by atoms with Gasteiger partial charge in [0, 0.05) is 11.2 Å². The molecule has 140 valence electrons. The van der Waals surface area contributed by atoms with Crippen molar-refractivity contribution in [2.24, 2.45) is 0 Å². The molecule has 27 heavy (non-hydrogen) atoms. The maximum Gasteiger partial charge on any atom is 0.234 e. The number of aromatic nitrogens is 1. The predicted octanol–water partition coefficient (Wildman–Crippen LogP) is 4.52. The number of rotatable bonds is 5. The fraction of sp³-hybridized carbons (Fsp3) is 0.286. The van der Waals surface area contributed by atoms with E-state index in [1.165, 1.54) is 0 Å². The number of methoxy groups -OCH3 is 2. The van der Waals surface area contributed by atoms with E-state index in [1.54, 1.807) is 26.0 Å². The van der Waals surface area contributed by atoms with Gasteiger partial charge in [0.1, 0.15) is 16.9 Å². The van der Waals surface area contributed by atoms with Crippen molar-refractivity contribution in [2.45, 2.75) is 18.3 Å². The molecule has 3 aromatic rings. The fourth-order valence-electron chi connectivity index (χ4n) is 3.67. The van der Waals surface area contributed by atoms with Crippen LogP contribution in [0, 0.1) is 0 Å². The van der Waals surface area contributed by atoms with E-state index in [0.29, 0.717) is 5.75 Å². The van der Waals surface area contributed by atoms with Crippen molar-refractivity contribution in [3.05, 3.63) is 59.8 Å². The van der Waals surface area contributed by atoms with E-state index in [4.69, 9.17) is 9.47 Å². The predicted molar refractivity (Wildman–Crippen MR) is 108 cm³/mol. The lowest BCUT2D eigenvalue weighted by Crippen LogP contribution is -2.31. The highest BCUT2D eigenvalue weighted by Gasteiger charge is 2.40. The SMILES string of the molecule is COc1cccc(OC)c1C1SCC(=O)N1C(C)c1cc2ccccc2[nH]1. The number of hydrogen-bond donors (Lipinski definition) is 1. The van der Waals surface area contributed by atoms with Gasteiger partial charge in [-0.3, -0.25) is 4.79 Å². The summed E-state index contributed by atoms with van der Waals surface area (Å²) in [6.07, 6.45) is 0. The molecule has 4 rings (SSSR count). The third-order valence-corrected chi connectivity index (χ3v) is 6.23. The van der Waals surface area contributed by atoms with Crippen LogP contribution in [0.5, 0.6) is 11.5 Å². The van der Waals surface area contributed by atoms with Gasteiger partial charge in [-0.15, -0.1) is 11.8 Å². The highest BCUT2D eigenvalue weighted by Crippen LogP contribution is 2.49. The van der Waals surface area contributed by atoms with Crippen LogP contribution < -0.4 is 9.47 Å². The number of nitrogens with one attached hydrogen (secondary N) is 1. The molecule has 1 aromatic heterocycles. The molecule has 5 nitrogen and oxygen atoms in total. The number of carbonyl (C=O) groups excluding carboxylic acids is 1. The summed E-state index contributed by atoms with van der Waals surface area (Å²) in [4.78, 5) is 18.2. The number of aromatic amines is 1. The lowest BCUT2D eigenvalue weighted by Gasteiger charge is -2.31. The van der Waals surface area contributed by atoms with Crippen LogP contribution >= 0.6 is 11.8 Å². The molecule has 0 bridgehead atoms. The second-order valence-corrected chi connectivity index (χ2v) is 7.60. The lowest BCUT2D eigenvalue weighted by atomic mass is 10.1. The van der Waals surface area contributed by atoms with Gasteiger partial charge in [0.15, 0.2) is 0 Å². The zero-order chi connectivity index (χ0) is 19.0. The third-order valence-electron chi connectivity index (χ3n) is 5.04. The molecule has 1 N–H and O–H groups in total. The van der Waals surface area contributed by atoms with Gasteiger partial charge in [-0.25, -0.2) is 0 Å². The number of nitrogens with zero attached hydrogens (tertiary/aromatic N) is 1. The van der Waals surface area contributed by atoms with Crippen molar-refractivity contribution in [3.8, 4) is 11.5 Å². The van der Waals surface area contributed by atoms with E-state index in [0.717, 1.165) is 33.7 Å². The second kappa shape index (κ2) is 7.19. The number of fused-ring (bicyclic) bond motifs is 1. The van der Waals surface area contributed by atoms with Crippen LogP contribution in [-0.4, -0.2) is 35.8 Å². The Bertz CT molecular complexity index is 929. The van der Waals surface area contributed by atoms with Gasteiger partial charge >= 0.3 is 0 Å². The van der Waals surface area contributed by atoms with E-state index in [2.05, 4.69) is 24.0 Å². The second-order valence-electron chi connectivity index (χ2n) is 6.53. The van der Waals surface area contributed by atoms with Gasteiger partial charge < -0.3 is 19.4 Å². The van der Waals surface area contributed by atoms with E-state index in [9.17, 15) is 4.79 Å². The van der Waals surface area contributed by atoms with Crippen LogP contribution in [0.1, 0.15) is 29.6 Å². The van der Waals surface area contributed by atoms with Crippen molar-refractivity contribution in [3.63, 3.8) is 0 Å². The summed E-state index contributed by atoms with van der Waals surface area (Å²) >= 11 is 1.60. The molecular weight excluding hydrogens is 360 g/mol. The number of hydrogen-bond acceptors (Lipinski definition) is 4. The molecule has 2 atom stereocenters. The van der Waals surface area contributed by atoms with Crippen molar-refractivity contribution in [2.75, 3.05) is 20.0 Å². The number of benzene rings is 2. The number of amides is 1. The Balaban J connectivity index is 1.76. The van der Waals surface area contributed by atoms with Crippen molar-refractivity contribution >= 4 is 28.6 Å². The first-order chi connectivity index (χ1) is 13.1. The van der Waals surface area contributed by atoms with Gasteiger partial charge in [-0.2, -0.15) is 0 Å². The molecule has 0 aliphatic carbocycles. The molecular formula is C21H22N2O3S. The average Bonchev–Trinajstić information content (AvgIpc) is 3.30. The Morgan fingerprint density at radius 3 is 2.48 bits per heavy atom. The summed E-state index contributed by atoms with van der Waals surface area (Å²) in [7, 11) is 3.29. The van der Waals surface area contributed by atoms with Gasteiger partial charge in [0.05, 0.1) is 31.6 Å². The standard InChI is InChI=1S/C21H22N2O3S/c1-13(16-11-14-7-4-5-8-15(14)22-16)23-19(24)12-27-21(23)20-17(25-2)9-6-10-18(20)26-3/h4-11,13,21-22H,12H2,1-3H3. The van der Waals surface area contributed by atoms with Crippen LogP contribution in [0.15, 0.2) is 48.5 Å². The molecule has 0 radical (unpaired) electrons. The smallest absolute Gasteiger partial charge is 0.234 e. The summed E-state index contributed by atoms with van der Waals surface area (Å²) in [6.45, 7) is 2.06. The Hall–Kier alpha value is -2.60. The minimum absolute atomic E-state index is 0.0977. The molecule has 0 spiro atoms. The first kappa shape index (κ1) is 17.8. The molecule has 6 heteroatoms. The Labute approximate surface area is 162 Å². The van der Waals surface area contributed by atoms with Crippen molar-refractivity contribution < 1.29 is 14.3 Å². The Morgan fingerprint density at radius 1 is 1.11 bits per heavy atom. The van der Waals surface area contributed by atoms with Crippen molar-refractivity contribution in [1.29, 1.82) is 0 Å². The summed E-state index contributed by atoms with van der Waals surface area (Å²) in [5.41, 5.74) is 3.00. The maximum absolute atomic E-state index is 12.8. The van der Waals surface area contributed by atoms with Crippen LogP contribution in [0.4, 0.5) is 0 Å². The maximum atomic E-state index is 12.8. The topological polar surface area (TPSA) is 54.6 Å². The van der Waals surface area contributed by atoms with Crippen LogP contribution in [-0.2, 0) is 4.79 Å². The number of para-hydroxylation sites is 1. The quantitative estimate of drug-likeness (QED) is 0.705. The molecule has 2 unspecified atom stereocenters. The van der Waals surface area contributed by atoms with Crippen LogP contribution in [0.2, 0.25) is 0 Å².